The highest BCUT2D eigenvalue weighted by atomic mass is 16.5. The number of aliphatic carboxylic acids is 1. The van der Waals surface area contributed by atoms with Crippen molar-refractivity contribution in [3.63, 3.8) is 0 Å². The third kappa shape index (κ3) is 3.11. The molecule has 21 heavy (non-hydrogen) atoms. The number of anilines is 1. The molecule has 1 saturated heterocycles. The first-order valence-corrected chi connectivity index (χ1v) is 7.02. The molecular weight excluding hydrogens is 270 g/mol. The molecule has 2 heterocycles. The highest BCUT2D eigenvalue weighted by molar-refractivity contribution is 5.89. The average molecular weight is 287 g/mol. The molecule has 1 aliphatic rings. The lowest BCUT2D eigenvalue weighted by molar-refractivity contribution is -0.144. The van der Waals surface area contributed by atoms with Gasteiger partial charge in [0.1, 0.15) is 18.8 Å². The van der Waals surface area contributed by atoms with Crippen LogP contribution in [0.1, 0.15) is 12.8 Å². The van der Waals surface area contributed by atoms with Crippen molar-refractivity contribution in [1.29, 1.82) is 0 Å². The van der Waals surface area contributed by atoms with Crippen LogP contribution in [0.5, 0.6) is 0 Å². The fraction of sp³-hybridized carbons (Fsp3) is 0.400. The van der Waals surface area contributed by atoms with Gasteiger partial charge in [-0.3, -0.25) is 0 Å². The second kappa shape index (κ2) is 6.05. The molecule has 1 aromatic carbocycles. The molecule has 6 nitrogen and oxygen atoms in total. The maximum absolute atomic E-state index is 10.5. The predicted molar refractivity (Wildman–Crippen MR) is 78.4 cm³/mol. The van der Waals surface area contributed by atoms with Crippen molar-refractivity contribution in [2.24, 2.45) is 0 Å². The normalized spacial score (nSPS) is 16.3. The maximum Gasteiger partial charge on any atom is 0.329 e. The largest absolute Gasteiger partial charge is 0.480 e. The third-order valence-corrected chi connectivity index (χ3v) is 3.71. The molecule has 6 heteroatoms. The zero-order valence-electron chi connectivity index (χ0n) is 11.6. The van der Waals surface area contributed by atoms with Crippen molar-refractivity contribution in [2.45, 2.75) is 18.9 Å². The quantitative estimate of drug-likeness (QED) is 0.922. The van der Waals surface area contributed by atoms with Gasteiger partial charge in [-0.15, -0.1) is 0 Å². The molecule has 0 amide bonds. The SMILES string of the molecule is O=C(O)COC1CCN(c2ncnc3ccccc23)CC1. The van der Waals surface area contributed by atoms with Gasteiger partial charge in [0.25, 0.3) is 0 Å². The van der Waals surface area contributed by atoms with Gasteiger partial charge in [-0.2, -0.15) is 0 Å². The van der Waals surface area contributed by atoms with Crippen molar-refractivity contribution in [1.82, 2.24) is 9.97 Å². The number of piperidine rings is 1. The summed E-state index contributed by atoms with van der Waals surface area (Å²) in [6.45, 7) is 1.40. The van der Waals surface area contributed by atoms with Crippen molar-refractivity contribution in [3.8, 4) is 0 Å². The third-order valence-electron chi connectivity index (χ3n) is 3.71. The fourth-order valence-electron chi connectivity index (χ4n) is 2.67. The number of hydrogen-bond donors (Lipinski definition) is 1. The van der Waals surface area contributed by atoms with Gasteiger partial charge in [0.2, 0.25) is 0 Å². The topological polar surface area (TPSA) is 75.6 Å². The van der Waals surface area contributed by atoms with E-state index in [-0.39, 0.29) is 12.7 Å². The first-order chi connectivity index (χ1) is 10.2. The second-order valence-electron chi connectivity index (χ2n) is 5.11. The first kappa shape index (κ1) is 13.8. The van der Waals surface area contributed by atoms with Crippen LogP contribution in [0.3, 0.4) is 0 Å². The number of carboxylic acid groups (broad SMARTS) is 1. The number of para-hydroxylation sites is 1. The average Bonchev–Trinajstić information content (AvgIpc) is 2.53. The number of nitrogens with zero attached hydrogens (tertiary/aromatic N) is 3. The van der Waals surface area contributed by atoms with Gasteiger partial charge in [0.05, 0.1) is 11.6 Å². The van der Waals surface area contributed by atoms with E-state index in [0.717, 1.165) is 42.7 Å². The van der Waals surface area contributed by atoms with E-state index in [9.17, 15) is 4.79 Å². The number of hydrogen-bond acceptors (Lipinski definition) is 5. The predicted octanol–water partition coefficient (Wildman–Crippen LogP) is 1.70. The zero-order chi connectivity index (χ0) is 14.7. The molecule has 1 N–H and O–H groups in total. The number of ether oxygens (including phenoxy) is 1. The molecule has 1 fully saturated rings. The van der Waals surface area contributed by atoms with Crippen LogP contribution in [0.2, 0.25) is 0 Å². The van der Waals surface area contributed by atoms with Crippen molar-refractivity contribution in [2.75, 3.05) is 24.6 Å². The Hall–Kier alpha value is -2.21. The van der Waals surface area contributed by atoms with Crippen molar-refractivity contribution >= 4 is 22.7 Å². The van der Waals surface area contributed by atoms with E-state index in [1.54, 1.807) is 6.33 Å². The van der Waals surface area contributed by atoms with E-state index < -0.39 is 5.97 Å². The lowest BCUT2D eigenvalue weighted by Crippen LogP contribution is -2.38. The highest BCUT2D eigenvalue weighted by Crippen LogP contribution is 2.26. The summed E-state index contributed by atoms with van der Waals surface area (Å²) in [4.78, 5) is 21.4. The second-order valence-corrected chi connectivity index (χ2v) is 5.11. The summed E-state index contributed by atoms with van der Waals surface area (Å²) in [5.74, 6) is 0.0245. The van der Waals surface area contributed by atoms with Crippen molar-refractivity contribution < 1.29 is 14.6 Å². The summed E-state index contributed by atoms with van der Waals surface area (Å²) >= 11 is 0. The van der Waals surface area contributed by atoms with E-state index in [1.807, 2.05) is 24.3 Å². The van der Waals surface area contributed by atoms with Crippen LogP contribution in [-0.2, 0) is 9.53 Å². The Kier molecular flexibility index (Phi) is 3.96. The molecule has 2 aromatic rings. The van der Waals surface area contributed by atoms with Crippen LogP contribution >= 0.6 is 0 Å². The number of carboxylic acids is 1. The van der Waals surface area contributed by atoms with Crippen molar-refractivity contribution in [3.05, 3.63) is 30.6 Å². The van der Waals surface area contributed by atoms with E-state index in [0.29, 0.717) is 0 Å². The number of carbonyl (C=O) groups is 1. The van der Waals surface area contributed by atoms with E-state index in [4.69, 9.17) is 9.84 Å². The smallest absolute Gasteiger partial charge is 0.329 e. The van der Waals surface area contributed by atoms with E-state index >= 15 is 0 Å². The molecule has 110 valence electrons. The van der Waals surface area contributed by atoms with Crippen LogP contribution < -0.4 is 4.90 Å². The lowest BCUT2D eigenvalue weighted by atomic mass is 10.1. The molecule has 0 unspecified atom stereocenters. The minimum Gasteiger partial charge on any atom is -0.480 e. The molecule has 3 rings (SSSR count). The van der Waals surface area contributed by atoms with Gasteiger partial charge in [0.15, 0.2) is 0 Å². The Bertz CT molecular complexity index is 634. The summed E-state index contributed by atoms with van der Waals surface area (Å²) in [6.07, 6.45) is 3.23. The van der Waals surface area contributed by atoms with Gasteiger partial charge < -0.3 is 14.7 Å². The summed E-state index contributed by atoms with van der Waals surface area (Å²) < 4.78 is 5.36. The highest BCUT2D eigenvalue weighted by Gasteiger charge is 2.22. The first-order valence-electron chi connectivity index (χ1n) is 7.02. The maximum atomic E-state index is 10.5. The Balaban J connectivity index is 1.70. The van der Waals surface area contributed by atoms with Gasteiger partial charge in [0, 0.05) is 18.5 Å². The Morgan fingerprint density at radius 2 is 2.05 bits per heavy atom. The Morgan fingerprint density at radius 3 is 2.81 bits per heavy atom. The van der Waals surface area contributed by atoms with Crippen LogP contribution in [0.25, 0.3) is 10.9 Å². The molecule has 0 atom stereocenters. The summed E-state index contributed by atoms with van der Waals surface area (Å²) in [7, 11) is 0. The van der Waals surface area contributed by atoms with Crippen LogP contribution in [0.15, 0.2) is 30.6 Å². The van der Waals surface area contributed by atoms with E-state index in [2.05, 4.69) is 14.9 Å². The fourth-order valence-corrected chi connectivity index (χ4v) is 2.67. The van der Waals surface area contributed by atoms with Crippen LogP contribution in [0.4, 0.5) is 5.82 Å². The number of aromatic nitrogens is 2. The van der Waals surface area contributed by atoms with Crippen LogP contribution in [0, 0.1) is 0 Å². The minimum atomic E-state index is -0.917. The summed E-state index contributed by atoms with van der Waals surface area (Å²) in [5, 5.41) is 9.69. The Labute approximate surface area is 122 Å². The molecule has 0 aliphatic carbocycles. The van der Waals surface area contributed by atoms with Gasteiger partial charge in [-0.1, -0.05) is 12.1 Å². The van der Waals surface area contributed by atoms with Gasteiger partial charge in [-0.25, -0.2) is 14.8 Å². The zero-order valence-corrected chi connectivity index (χ0v) is 11.6. The van der Waals surface area contributed by atoms with E-state index in [1.165, 1.54) is 0 Å². The molecule has 0 spiro atoms. The summed E-state index contributed by atoms with van der Waals surface area (Å²) in [6, 6.07) is 7.95. The standard InChI is InChI=1S/C15H17N3O3/c19-14(20)9-21-11-5-7-18(8-6-11)15-12-3-1-2-4-13(12)16-10-17-15/h1-4,10-11H,5-9H2,(H,19,20). The molecule has 1 aliphatic heterocycles. The molecular formula is C15H17N3O3. The number of benzene rings is 1. The monoisotopic (exact) mass is 287 g/mol. The molecule has 1 aromatic heterocycles. The molecule has 0 radical (unpaired) electrons. The van der Waals surface area contributed by atoms with Crippen LogP contribution in [-0.4, -0.2) is 46.8 Å². The molecule has 0 saturated carbocycles. The number of fused-ring (bicyclic) bond motifs is 1. The summed E-state index contributed by atoms with van der Waals surface area (Å²) in [5.41, 5.74) is 0.937. The molecule has 0 bridgehead atoms. The number of rotatable bonds is 4. The van der Waals surface area contributed by atoms with Gasteiger partial charge >= 0.3 is 5.97 Å². The minimum absolute atomic E-state index is 0.0189. The Morgan fingerprint density at radius 1 is 1.29 bits per heavy atom. The van der Waals surface area contributed by atoms with Gasteiger partial charge in [-0.05, 0) is 25.0 Å². The lowest BCUT2D eigenvalue weighted by Gasteiger charge is -2.32.